The summed E-state index contributed by atoms with van der Waals surface area (Å²) >= 11 is 0. The van der Waals surface area contributed by atoms with E-state index in [9.17, 15) is 18.0 Å². The van der Waals surface area contributed by atoms with Gasteiger partial charge in [0.15, 0.2) is 5.76 Å². The van der Waals surface area contributed by atoms with Crippen molar-refractivity contribution in [2.75, 3.05) is 31.9 Å². The van der Waals surface area contributed by atoms with Gasteiger partial charge in [-0.1, -0.05) is 0 Å². The van der Waals surface area contributed by atoms with Gasteiger partial charge in [0.1, 0.15) is 0 Å². The standard InChI is InChI=1S/C18H27N3O5S/c1-2-27(24,25)21-10-7-15(8-11-21)19-17(22)14-5-3-9-20(13-14)18(23)16-6-4-12-26-16/h4,6,12,14-15H,2-3,5,7-11,13H2,1H3,(H,19,22)/t14-/m0/s1. The molecule has 0 radical (unpaired) electrons. The molecule has 0 aromatic carbocycles. The maximum atomic E-state index is 12.7. The lowest BCUT2D eigenvalue weighted by atomic mass is 9.95. The third kappa shape index (κ3) is 4.70. The average molecular weight is 397 g/mol. The van der Waals surface area contributed by atoms with Crippen molar-refractivity contribution < 1.29 is 22.4 Å². The molecule has 3 heterocycles. The van der Waals surface area contributed by atoms with Crippen LogP contribution in [0.15, 0.2) is 22.8 Å². The summed E-state index contributed by atoms with van der Waals surface area (Å²) in [5.41, 5.74) is 0. The van der Waals surface area contributed by atoms with Crippen LogP contribution in [0.2, 0.25) is 0 Å². The molecule has 2 saturated heterocycles. The fourth-order valence-electron chi connectivity index (χ4n) is 3.71. The lowest BCUT2D eigenvalue weighted by molar-refractivity contribution is -0.127. The minimum absolute atomic E-state index is 0.0167. The highest BCUT2D eigenvalue weighted by Gasteiger charge is 2.32. The molecule has 1 aromatic rings. The molecule has 27 heavy (non-hydrogen) atoms. The Hall–Kier alpha value is -1.87. The second-order valence-electron chi connectivity index (χ2n) is 7.15. The molecule has 0 bridgehead atoms. The second kappa shape index (κ2) is 8.43. The van der Waals surface area contributed by atoms with Crippen LogP contribution in [0.3, 0.4) is 0 Å². The summed E-state index contributed by atoms with van der Waals surface area (Å²) in [6.45, 7) is 3.52. The van der Waals surface area contributed by atoms with Crippen molar-refractivity contribution in [3.8, 4) is 0 Å². The Balaban J connectivity index is 1.50. The van der Waals surface area contributed by atoms with E-state index < -0.39 is 10.0 Å². The Bertz CT molecular complexity index is 754. The number of nitrogens with zero attached hydrogens (tertiary/aromatic N) is 2. The molecule has 2 fully saturated rings. The van der Waals surface area contributed by atoms with E-state index in [1.807, 2.05) is 0 Å². The van der Waals surface area contributed by atoms with E-state index in [0.29, 0.717) is 44.8 Å². The number of amides is 2. The number of carbonyl (C=O) groups is 2. The van der Waals surface area contributed by atoms with Gasteiger partial charge in [0.25, 0.3) is 5.91 Å². The van der Waals surface area contributed by atoms with Crippen molar-refractivity contribution in [1.29, 1.82) is 0 Å². The molecule has 8 nitrogen and oxygen atoms in total. The van der Waals surface area contributed by atoms with Gasteiger partial charge in [0.05, 0.1) is 17.9 Å². The molecule has 0 aliphatic carbocycles. The smallest absolute Gasteiger partial charge is 0.289 e. The second-order valence-corrected chi connectivity index (χ2v) is 9.41. The maximum absolute atomic E-state index is 12.7. The normalized spacial score (nSPS) is 22.6. The van der Waals surface area contributed by atoms with Crippen molar-refractivity contribution in [2.45, 2.75) is 38.6 Å². The zero-order valence-electron chi connectivity index (χ0n) is 15.6. The molecular weight excluding hydrogens is 370 g/mol. The monoisotopic (exact) mass is 397 g/mol. The maximum Gasteiger partial charge on any atom is 0.289 e. The molecule has 9 heteroatoms. The van der Waals surface area contributed by atoms with Gasteiger partial charge in [-0.25, -0.2) is 12.7 Å². The van der Waals surface area contributed by atoms with Crippen LogP contribution in [0, 0.1) is 5.92 Å². The van der Waals surface area contributed by atoms with Crippen LogP contribution in [0.1, 0.15) is 43.2 Å². The van der Waals surface area contributed by atoms with E-state index in [4.69, 9.17) is 4.42 Å². The molecule has 1 aromatic heterocycles. The number of furan rings is 1. The van der Waals surface area contributed by atoms with E-state index in [1.165, 1.54) is 10.6 Å². The molecule has 1 N–H and O–H groups in total. The molecule has 2 amide bonds. The zero-order valence-corrected chi connectivity index (χ0v) is 16.4. The number of piperidine rings is 2. The Morgan fingerprint density at radius 3 is 2.59 bits per heavy atom. The van der Waals surface area contributed by atoms with Crippen molar-refractivity contribution >= 4 is 21.8 Å². The fraction of sp³-hybridized carbons (Fsp3) is 0.667. The minimum Gasteiger partial charge on any atom is -0.459 e. The topological polar surface area (TPSA) is 99.9 Å². The Morgan fingerprint density at radius 2 is 1.96 bits per heavy atom. The van der Waals surface area contributed by atoms with Crippen LogP contribution >= 0.6 is 0 Å². The molecule has 150 valence electrons. The minimum atomic E-state index is -3.16. The number of sulfonamides is 1. The number of likely N-dealkylation sites (tertiary alicyclic amines) is 1. The lowest BCUT2D eigenvalue weighted by Crippen LogP contribution is -2.51. The summed E-state index contributed by atoms with van der Waals surface area (Å²) in [5.74, 6) is -0.0824. The van der Waals surface area contributed by atoms with Gasteiger partial charge < -0.3 is 14.6 Å². The summed E-state index contributed by atoms with van der Waals surface area (Å²) < 4.78 is 30.5. The molecule has 2 aliphatic rings. The van der Waals surface area contributed by atoms with Crippen molar-refractivity contribution in [1.82, 2.24) is 14.5 Å². The van der Waals surface area contributed by atoms with Gasteiger partial charge in [-0.2, -0.15) is 0 Å². The third-order valence-corrected chi connectivity index (χ3v) is 7.25. The van der Waals surface area contributed by atoms with E-state index in [-0.39, 0.29) is 29.5 Å². The van der Waals surface area contributed by atoms with Crippen LogP contribution in [0.5, 0.6) is 0 Å². The first-order chi connectivity index (χ1) is 12.9. The van der Waals surface area contributed by atoms with Crippen molar-refractivity contribution in [2.24, 2.45) is 5.92 Å². The Morgan fingerprint density at radius 1 is 1.22 bits per heavy atom. The zero-order chi connectivity index (χ0) is 19.4. The third-order valence-electron chi connectivity index (χ3n) is 5.37. The fourth-order valence-corrected chi connectivity index (χ4v) is 4.84. The Labute approximate surface area is 159 Å². The number of nitrogens with one attached hydrogen (secondary N) is 1. The molecular formula is C18H27N3O5S. The van der Waals surface area contributed by atoms with Crippen LogP contribution in [0.4, 0.5) is 0 Å². The highest BCUT2D eigenvalue weighted by Crippen LogP contribution is 2.21. The summed E-state index contributed by atoms with van der Waals surface area (Å²) in [4.78, 5) is 26.7. The highest BCUT2D eigenvalue weighted by atomic mass is 32.2. The van der Waals surface area contributed by atoms with Gasteiger partial charge in [-0.05, 0) is 44.7 Å². The molecule has 0 saturated carbocycles. The van der Waals surface area contributed by atoms with E-state index in [0.717, 1.165) is 12.8 Å². The van der Waals surface area contributed by atoms with Crippen LogP contribution in [-0.2, 0) is 14.8 Å². The molecule has 0 unspecified atom stereocenters. The van der Waals surface area contributed by atoms with Crippen molar-refractivity contribution in [3.63, 3.8) is 0 Å². The highest BCUT2D eigenvalue weighted by molar-refractivity contribution is 7.89. The number of hydrogen-bond donors (Lipinski definition) is 1. The molecule has 0 spiro atoms. The van der Waals surface area contributed by atoms with Gasteiger partial charge in [-0.3, -0.25) is 9.59 Å². The molecule has 2 aliphatic heterocycles. The molecule has 1 atom stereocenters. The predicted octanol–water partition coefficient (Wildman–Crippen LogP) is 1.06. The SMILES string of the molecule is CCS(=O)(=O)N1CCC(NC(=O)[C@H]2CCCN(C(=O)c3ccco3)C2)CC1. The Kier molecular flexibility index (Phi) is 6.21. The predicted molar refractivity (Wildman–Crippen MR) is 99.5 cm³/mol. The first kappa shape index (κ1) is 19.9. The summed E-state index contributed by atoms with van der Waals surface area (Å²) in [5, 5.41) is 3.05. The summed E-state index contributed by atoms with van der Waals surface area (Å²) in [6.07, 6.45) is 4.22. The number of hydrogen-bond acceptors (Lipinski definition) is 5. The molecule has 3 rings (SSSR count). The summed E-state index contributed by atoms with van der Waals surface area (Å²) in [6, 6.07) is 3.29. The van der Waals surface area contributed by atoms with Crippen molar-refractivity contribution in [3.05, 3.63) is 24.2 Å². The largest absolute Gasteiger partial charge is 0.459 e. The van der Waals surface area contributed by atoms with Crippen LogP contribution in [0.25, 0.3) is 0 Å². The quantitative estimate of drug-likeness (QED) is 0.801. The number of carbonyl (C=O) groups excluding carboxylic acids is 2. The van der Waals surface area contributed by atoms with E-state index in [2.05, 4.69) is 5.32 Å². The van der Waals surface area contributed by atoms with E-state index in [1.54, 1.807) is 24.0 Å². The van der Waals surface area contributed by atoms with Gasteiger partial charge in [-0.15, -0.1) is 0 Å². The first-order valence-electron chi connectivity index (χ1n) is 9.51. The first-order valence-corrected chi connectivity index (χ1v) is 11.1. The lowest BCUT2D eigenvalue weighted by Gasteiger charge is -2.34. The van der Waals surface area contributed by atoms with Crippen LogP contribution in [-0.4, -0.2) is 67.4 Å². The summed E-state index contributed by atoms with van der Waals surface area (Å²) in [7, 11) is -3.16. The average Bonchev–Trinajstić information content (AvgIpc) is 3.22. The van der Waals surface area contributed by atoms with E-state index >= 15 is 0 Å². The number of rotatable bonds is 5. The van der Waals surface area contributed by atoms with Gasteiger partial charge in [0.2, 0.25) is 15.9 Å². The van der Waals surface area contributed by atoms with Gasteiger partial charge in [0, 0.05) is 32.2 Å². The van der Waals surface area contributed by atoms with Crippen LogP contribution < -0.4 is 5.32 Å². The van der Waals surface area contributed by atoms with Gasteiger partial charge >= 0.3 is 0 Å².